The van der Waals surface area contributed by atoms with Gasteiger partial charge in [-0.2, -0.15) is 0 Å². The predicted molar refractivity (Wildman–Crippen MR) is 83.8 cm³/mol. The third-order valence-electron chi connectivity index (χ3n) is 3.02. The summed E-state index contributed by atoms with van der Waals surface area (Å²) in [5, 5.41) is 9.29. The number of aryl methyl sites for hydroxylation is 2. The Morgan fingerprint density at radius 3 is 2.64 bits per heavy atom. The Hall–Kier alpha value is -2.70. The van der Waals surface area contributed by atoms with Crippen LogP contribution in [0.25, 0.3) is 0 Å². The number of amides is 1. The van der Waals surface area contributed by atoms with Crippen molar-refractivity contribution in [2.24, 2.45) is 16.1 Å². The number of carbonyl (C=O) groups excluding carboxylic acids is 1. The highest BCUT2D eigenvalue weighted by molar-refractivity contribution is 5.95. The summed E-state index contributed by atoms with van der Waals surface area (Å²) in [4.78, 5) is 18.6. The number of nitrogens with two attached hydrogens (primary N) is 1. The molecule has 7 heteroatoms. The van der Waals surface area contributed by atoms with Gasteiger partial charge >= 0.3 is 0 Å². The molecule has 0 unspecified atom stereocenters. The standard InChI is InChI=1S/C15H20N6O/c1-21(2)20-19-15-13(14(16)22)17-12(18-15)10-6-9-11-7-4-3-5-8-11/h3-5,7-8H,6,9-10H2,1-2H3,(H2,16,22)(H,17,18)/b20-19+. The molecule has 0 fully saturated rings. The minimum atomic E-state index is -0.588. The Kier molecular flexibility index (Phi) is 5.24. The van der Waals surface area contributed by atoms with E-state index >= 15 is 0 Å². The minimum absolute atomic E-state index is 0.195. The molecule has 0 bridgehead atoms. The van der Waals surface area contributed by atoms with Crippen LogP contribution in [0.2, 0.25) is 0 Å². The maximum Gasteiger partial charge on any atom is 0.269 e. The van der Waals surface area contributed by atoms with Gasteiger partial charge in [0.25, 0.3) is 5.91 Å². The Morgan fingerprint density at radius 2 is 2.00 bits per heavy atom. The first-order valence-corrected chi connectivity index (χ1v) is 7.08. The van der Waals surface area contributed by atoms with Crippen molar-refractivity contribution in [1.29, 1.82) is 0 Å². The van der Waals surface area contributed by atoms with Gasteiger partial charge < -0.3 is 10.7 Å². The lowest BCUT2D eigenvalue weighted by molar-refractivity contribution is 0.0996. The second-order valence-corrected chi connectivity index (χ2v) is 5.12. The molecule has 7 nitrogen and oxygen atoms in total. The highest BCUT2D eigenvalue weighted by Gasteiger charge is 2.14. The summed E-state index contributed by atoms with van der Waals surface area (Å²) < 4.78 is 0. The van der Waals surface area contributed by atoms with E-state index in [1.165, 1.54) is 10.6 Å². The fourth-order valence-electron chi connectivity index (χ4n) is 2.01. The lowest BCUT2D eigenvalue weighted by Crippen LogP contribution is -2.11. The molecule has 1 aromatic heterocycles. The number of rotatable bonds is 7. The van der Waals surface area contributed by atoms with Gasteiger partial charge in [-0.1, -0.05) is 35.6 Å². The molecule has 2 aromatic rings. The van der Waals surface area contributed by atoms with Gasteiger partial charge in [-0.3, -0.25) is 9.80 Å². The molecule has 2 rings (SSSR count). The Morgan fingerprint density at radius 1 is 1.27 bits per heavy atom. The molecule has 0 spiro atoms. The monoisotopic (exact) mass is 300 g/mol. The van der Waals surface area contributed by atoms with E-state index in [2.05, 4.69) is 32.4 Å². The van der Waals surface area contributed by atoms with Gasteiger partial charge in [0.05, 0.1) is 0 Å². The van der Waals surface area contributed by atoms with Crippen LogP contribution in [-0.2, 0) is 12.8 Å². The van der Waals surface area contributed by atoms with E-state index in [-0.39, 0.29) is 11.5 Å². The van der Waals surface area contributed by atoms with E-state index in [1.807, 2.05) is 18.2 Å². The van der Waals surface area contributed by atoms with Crippen molar-refractivity contribution in [1.82, 2.24) is 15.0 Å². The van der Waals surface area contributed by atoms with E-state index in [0.29, 0.717) is 12.2 Å². The first kappa shape index (κ1) is 15.7. The highest BCUT2D eigenvalue weighted by Crippen LogP contribution is 2.17. The average molecular weight is 300 g/mol. The number of H-pyrrole nitrogens is 1. The lowest BCUT2D eigenvalue weighted by Gasteiger charge is -1.99. The van der Waals surface area contributed by atoms with Gasteiger partial charge in [0.2, 0.25) is 5.82 Å². The van der Waals surface area contributed by atoms with Crippen molar-refractivity contribution < 1.29 is 4.79 Å². The molecule has 116 valence electrons. The van der Waals surface area contributed by atoms with E-state index in [4.69, 9.17) is 5.73 Å². The third kappa shape index (κ3) is 4.41. The van der Waals surface area contributed by atoms with Crippen molar-refractivity contribution in [2.75, 3.05) is 14.1 Å². The summed E-state index contributed by atoms with van der Waals surface area (Å²) in [7, 11) is 3.47. The molecule has 0 saturated carbocycles. The number of nitrogens with one attached hydrogen (secondary N) is 1. The second kappa shape index (κ2) is 7.35. The van der Waals surface area contributed by atoms with Crippen LogP contribution in [-0.4, -0.2) is 35.0 Å². The van der Waals surface area contributed by atoms with Gasteiger partial charge in [-0.15, -0.1) is 5.11 Å². The van der Waals surface area contributed by atoms with E-state index < -0.39 is 5.91 Å². The van der Waals surface area contributed by atoms with Crippen LogP contribution in [0, 0.1) is 0 Å². The summed E-state index contributed by atoms with van der Waals surface area (Å²) in [6.07, 6.45) is 2.58. The van der Waals surface area contributed by atoms with Crippen LogP contribution in [0.1, 0.15) is 28.3 Å². The zero-order valence-electron chi connectivity index (χ0n) is 12.8. The number of primary amides is 1. The fraction of sp³-hybridized carbons (Fsp3) is 0.333. The number of hydrogen-bond acceptors (Lipinski definition) is 4. The smallest absolute Gasteiger partial charge is 0.269 e. The number of carbonyl (C=O) groups is 1. The SMILES string of the molecule is CN(C)/N=N/c1nc(CCCc2ccccc2)[nH]c1C(N)=O. The maximum atomic E-state index is 11.4. The zero-order valence-corrected chi connectivity index (χ0v) is 12.8. The molecular weight excluding hydrogens is 280 g/mol. The fourth-order valence-corrected chi connectivity index (χ4v) is 2.01. The van der Waals surface area contributed by atoms with Crippen LogP contribution in [0.3, 0.4) is 0 Å². The van der Waals surface area contributed by atoms with Crippen molar-refractivity contribution in [3.63, 3.8) is 0 Å². The average Bonchev–Trinajstić information content (AvgIpc) is 2.90. The molecule has 0 atom stereocenters. The summed E-state index contributed by atoms with van der Waals surface area (Å²) >= 11 is 0. The van der Waals surface area contributed by atoms with Gasteiger partial charge in [0, 0.05) is 20.5 Å². The Balaban J connectivity index is 2.02. The summed E-state index contributed by atoms with van der Waals surface area (Å²) in [6, 6.07) is 10.2. The van der Waals surface area contributed by atoms with Crippen LogP contribution in [0.4, 0.5) is 5.82 Å². The molecule has 1 aromatic carbocycles. The molecule has 0 aliphatic carbocycles. The largest absolute Gasteiger partial charge is 0.364 e. The molecular formula is C15H20N6O. The van der Waals surface area contributed by atoms with Gasteiger partial charge in [-0.05, 0) is 18.4 Å². The van der Waals surface area contributed by atoms with E-state index in [0.717, 1.165) is 12.8 Å². The van der Waals surface area contributed by atoms with E-state index in [9.17, 15) is 4.79 Å². The predicted octanol–water partition coefficient (Wildman–Crippen LogP) is 2.24. The van der Waals surface area contributed by atoms with Crippen LogP contribution < -0.4 is 5.73 Å². The van der Waals surface area contributed by atoms with Crippen molar-refractivity contribution in [3.05, 3.63) is 47.4 Å². The number of imidazole rings is 1. The molecule has 22 heavy (non-hydrogen) atoms. The molecule has 3 N–H and O–H groups in total. The van der Waals surface area contributed by atoms with Crippen molar-refractivity contribution >= 4 is 11.7 Å². The Labute approximate surface area is 129 Å². The van der Waals surface area contributed by atoms with Gasteiger partial charge in [0.15, 0.2) is 5.69 Å². The molecule has 1 amide bonds. The van der Waals surface area contributed by atoms with Crippen molar-refractivity contribution in [2.45, 2.75) is 19.3 Å². The quantitative estimate of drug-likeness (QED) is 0.605. The third-order valence-corrected chi connectivity index (χ3v) is 3.02. The molecule has 1 heterocycles. The van der Waals surface area contributed by atoms with E-state index in [1.54, 1.807) is 14.1 Å². The molecule has 0 saturated heterocycles. The number of benzene rings is 1. The normalized spacial score (nSPS) is 11.0. The number of aromatic amines is 1. The number of nitrogens with zero attached hydrogens (tertiary/aromatic N) is 4. The topological polar surface area (TPSA) is 99.7 Å². The number of hydrogen-bond donors (Lipinski definition) is 2. The minimum Gasteiger partial charge on any atom is -0.364 e. The highest BCUT2D eigenvalue weighted by atomic mass is 16.1. The van der Waals surface area contributed by atoms with Crippen LogP contribution in [0.5, 0.6) is 0 Å². The molecule has 0 radical (unpaired) electrons. The van der Waals surface area contributed by atoms with Gasteiger partial charge in [0.1, 0.15) is 5.82 Å². The molecule has 0 aliphatic rings. The number of aromatic nitrogens is 2. The molecule has 0 aliphatic heterocycles. The van der Waals surface area contributed by atoms with Gasteiger partial charge in [-0.25, -0.2) is 4.98 Å². The zero-order chi connectivity index (χ0) is 15.9. The first-order chi connectivity index (χ1) is 10.6. The second-order valence-electron chi connectivity index (χ2n) is 5.12. The Bertz CT molecular complexity index is 647. The van der Waals surface area contributed by atoms with Crippen LogP contribution >= 0.6 is 0 Å². The van der Waals surface area contributed by atoms with Crippen LogP contribution in [0.15, 0.2) is 40.7 Å². The first-order valence-electron chi connectivity index (χ1n) is 7.08. The van der Waals surface area contributed by atoms with Crippen molar-refractivity contribution in [3.8, 4) is 0 Å². The summed E-state index contributed by atoms with van der Waals surface area (Å²) in [6.45, 7) is 0. The lowest BCUT2D eigenvalue weighted by atomic mass is 10.1. The summed E-state index contributed by atoms with van der Waals surface area (Å²) in [5.74, 6) is 0.336. The summed E-state index contributed by atoms with van der Waals surface area (Å²) in [5.41, 5.74) is 6.80. The maximum absolute atomic E-state index is 11.4.